The molecule has 0 spiro atoms. The topological polar surface area (TPSA) is 45.2 Å². The van der Waals surface area contributed by atoms with Gasteiger partial charge in [-0.1, -0.05) is 29.8 Å². The highest BCUT2D eigenvalue weighted by Gasteiger charge is 2.05. The molecule has 3 nitrogen and oxygen atoms in total. The summed E-state index contributed by atoms with van der Waals surface area (Å²) < 4.78 is 0. The van der Waals surface area contributed by atoms with E-state index in [1.807, 2.05) is 48.5 Å². The summed E-state index contributed by atoms with van der Waals surface area (Å²) >= 11 is 5.99. The molecule has 24 heavy (non-hydrogen) atoms. The van der Waals surface area contributed by atoms with Crippen LogP contribution < -0.4 is 5.32 Å². The van der Waals surface area contributed by atoms with E-state index in [9.17, 15) is 5.11 Å². The Morgan fingerprint density at radius 3 is 2.71 bits per heavy atom. The summed E-state index contributed by atoms with van der Waals surface area (Å²) in [5.74, 6) is 0.296. The van der Waals surface area contributed by atoms with E-state index in [2.05, 4.69) is 16.4 Å². The molecule has 0 bridgehead atoms. The van der Waals surface area contributed by atoms with Gasteiger partial charge in [0.25, 0.3) is 0 Å². The number of nitrogens with zero attached hydrogens (tertiary/aromatic N) is 1. The van der Waals surface area contributed by atoms with E-state index in [-0.39, 0.29) is 0 Å². The molecule has 2 aromatic carbocycles. The first-order valence-corrected chi connectivity index (χ1v) is 8.28. The summed E-state index contributed by atoms with van der Waals surface area (Å²) in [5, 5.41) is 14.2. The van der Waals surface area contributed by atoms with Crippen LogP contribution in [0.5, 0.6) is 5.75 Å². The third-order valence-electron chi connectivity index (χ3n) is 3.84. The summed E-state index contributed by atoms with van der Waals surface area (Å²) in [6, 6.07) is 19.3. The predicted octanol–water partition coefficient (Wildman–Crippen LogP) is 4.44. The van der Waals surface area contributed by atoms with Crippen LogP contribution in [0.25, 0.3) is 11.3 Å². The van der Waals surface area contributed by atoms with E-state index in [0.29, 0.717) is 12.3 Å². The van der Waals surface area contributed by atoms with Gasteiger partial charge in [0.15, 0.2) is 0 Å². The number of nitrogens with one attached hydrogen (secondary N) is 1. The highest BCUT2D eigenvalue weighted by Crippen LogP contribution is 2.24. The second-order valence-corrected chi connectivity index (χ2v) is 6.05. The summed E-state index contributed by atoms with van der Waals surface area (Å²) in [6.07, 6.45) is 2.66. The first kappa shape index (κ1) is 16.5. The van der Waals surface area contributed by atoms with Gasteiger partial charge in [0.2, 0.25) is 0 Å². The molecule has 0 radical (unpaired) electrons. The van der Waals surface area contributed by atoms with E-state index in [0.717, 1.165) is 34.8 Å². The zero-order valence-corrected chi connectivity index (χ0v) is 14.0. The first-order chi connectivity index (χ1) is 11.7. The lowest BCUT2D eigenvalue weighted by atomic mass is 10.1. The molecule has 3 aromatic rings. The van der Waals surface area contributed by atoms with Crippen molar-refractivity contribution in [2.24, 2.45) is 0 Å². The van der Waals surface area contributed by atoms with Gasteiger partial charge in [0.1, 0.15) is 5.75 Å². The molecular weight excluding hydrogens is 320 g/mol. The monoisotopic (exact) mass is 338 g/mol. The van der Waals surface area contributed by atoms with Gasteiger partial charge in [-0.25, -0.2) is 0 Å². The molecule has 0 saturated heterocycles. The quantitative estimate of drug-likeness (QED) is 0.653. The largest absolute Gasteiger partial charge is 0.508 e. The van der Waals surface area contributed by atoms with Crippen molar-refractivity contribution in [3.8, 4) is 17.0 Å². The van der Waals surface area contributed by atoms with Gasteiger partial charge < -0.3 is 10.4 Å². The van der Waals surface area contributed by atoms with Crippen LogP contribution in [-0.4, -0.2) is 16.6 Å². The van der Waals surface area contributed by atoms with Crippen LogP contribution in [0.3, 0.4) is 0 Å². The molecule has 1 heterocycles. The fourth-order valence-electron chi connectivity index (χ4n) is 2.57. The number of hydrogen-bond acceptors (Lipinski definition) is 3. The highest BCUT2D eigenvalue weighted by atomic mass is 35.5. The number of pyridine rings is 1. The van der Waals surface area contributed by atoms with Crippen molar-refractivity contribution in [3.63, 3.8) is 0 Å². The maximum absolute atomic E-state index is 10.1. The van der Waals surface area contributed by atoms with Gasteiger partial charge in [-0.15, -0.1) is 0 Å². The van der Waals surface area contributed by atoms with Gasteiger partial charge in [-0.05, 0) is 61.0 Å². The van der Waals surface area contributed by atoms with Crippen LogP contribution in [0.4, 0.5) is 0 Å². The number of rotatable bonds is 6. The summed E-state index contributed by atoms with van der Waals surface area (Å²) in [5.41, 5.74) is 3.96. The van der Waals surface area contributed by atoms with Crippen LogP contribution in [0.2, 0.25) is 5.02 Å². The molecule has 0 saturated carbocycles. The van der Waals surface area contributed by atoms with Crippen molar-refractivity contribution in [2.45, 2.75) is 13.0 Å². The normalized spacial score (nSPS) is 10.7. The maximum atomic E-state index is 10.1. The molecule has 0 atom stereocenters. The fraction of sp³-hybridized carbons (Fsp3) is 0.150. The van der Waals surface area contributed by atoms with E-state index in [1.165, 1.54) is 5.56 Å². The number of hydrogen-bond donors (Lipinski definition) is 2. The third kappa shape index (κ3) is 4.34. The lowest BCUT2D eigenvalue weighted by Gasteiger charge is -2.09. The molecule has 4 heteroatoms. The van der Waals surface area contributed by atoms with Crippen LogP contribution in [-0.2, 0) is 13.0 Å². The average molecular weight is 339 g/mol. The van der Waals surface area contributed by atoms with Crippen molar-refractivity contribution < 1.29 is 5.11 Å². The molecular formula is C20H19ClN2O. The van der Waals surface area contributed by atoms with Crippen molar-refractivity contribution in [2.75, 3.05) is 6.54 Å². The van der Waals surface area contributed by atoms with Gasteiger partial charge in [0, 0.05) is 28.9 Å². The number of phenols is 1. The van der Waals surface area contributed by atoms with Crippen LogP contribution >= 0.6 is 11.6 Å². The SMILES string of the molecule is Oc1ccc(-c2ccccn2)cc1CNCCc1cccc(Cl)c1. The maximum Gasteiger partial charge on any atom is 0.120 e. The third-order valence-corrected chi connectivity index (χ3v) is 4.07. The van der Waals surface area contributed by atoms with E-state index >= 15 is 0 Å². The fourth-order valence-corrected chi connectivity index (χ4v) is 2.78. The standard InChI is InChI=1S/C20H19ClN2O/c21-18-5-3-4-15(12-18)9-11-22-14-17-13-16(7-8-20(17)24)19-6-1-2-10-23-19/h1-8,10,12-13,22,24H,9,11,14H2. The summed E-state index contributed by atoms with van der Waals surface area (Å²) in [4.78, 5) is 4.35. The second-order valence-electron chi connectivity index (χ2n) is 5.62. The number of halogens is 1. The Hall–Kier alpha value is -2.36. The minimum Gasteiger partial charge on any atom is -0.508 e. The smallest absolute Gasteiger partial charge is 0.120 e. The average Bonchev–Trinajstić information content (AvgIpc) is 2.61. The predicted molar refractivity (Wildman–Crippen MR) is 98.2 cm³/mol. The van der Waals surface area contributed by atoms with Crippen molar-refractivity contribution in [1.82, 2.24) is 10.3 Å². The van der Waals surface area contributed by atoms with Crippen LogP contribution in [0.15, 0.2) is 66.9 Å². The molecule has 0 amide bonds. The minimum absolute atomic E-state index is 0.296. The molecule has 2 N–H and O–H groups in total. The second kappa shape index (κ2) is 7.95. The molecule has 0 aliphatic rings. The first-order valence-electron chi connectivity index (χ1n) is 7.91. The number of phenolic OH excluding ortho intramolecular Hbond substituents is 1. The van der Waals surface area contributed by atoms with Gasteiger partial charge in [0.05, 0.1) is 5.69 Å². The van der Waals surface area contributed by atoms with Gasteiger partial charge in [-0.3, -0.25) is 4.98 Å². The minimum atomic E-state index is 0.296. The summed E-state index contributed by atoms with van der Waals surface area (Å²) in [6.45, 7) is 1.42. The van der Waals surface area contributed by atoms with Crippen molar-refractivity contribution >= 4 is 11.6 Å². The van der Waals surface area contributed by atoms with Crippen LogP contribution in [0, 0.1) is 0 Å². The lowest BCUT2D eigenvalue weighted by molar-refractivity contribution is 0.464. The Bertz CT molecular complexity index is 806. The molecule has 3 rings (SSSR count). The lowest BCUT2D eigenvalue weighted by Crippen LogP contribution is -2.16. The van der Waals surface area contributed by atoms with Gasteiger partial charge in [-0.2, -0.15) is 0 Å². The zero-order valence-electron chi connectivity index (χ0n) is 13.2. The zero-order chi connectivity index (χ0) is 16.8. The molecule has 0 fully saturated rings. The molecule has 1 aromatic heterocycles. The Kier molecular flexibility index (Phi) is 5.47. The Labute approximate surface area is 147 Å². The van der Waals surface area contributed by atoms with E-state index < -0.39 is 0 Å². The summed E-state index contributed by atoms with van der Waals surface area (Å²) in [7, 11) is 0. The Balaban J connectivity index is 1.61. The number of aromatic hydroxyl groups is 1. The number of benzene rings is 2. The molecule has 0 aliphatic carbocycles. The Morgan fingerprint density at radius 1 is 1.00 bits per heavy atom. The molecule has 0 aliphatic heterocycles. The van der Waals surface area contributed by atoms with Gasteiger partial charge >= 0.3 is 0 Å². The highest BCUT2D eigenvalue weighted by molar-refractivity contribution is 6.30. The van der Waals surface area contributed by atoms with E-state index in [4.69, 9.17) is 11.6 Å². The van der Waals surface area contributed by atoms with Crippen LogP contribution in [0.1, 0.15) is 11.1 Å². The van der Waals surface area contributed by atoms with Crippen molar-refractivity contribution in [1.29, 1.82) is 0 Å². The van der Waals surface area contributed by atoms with E-state index in [1.54, 1.807) is 12.3 Å². The Morgan fingerprint density at radius 2 is 1.92 bits per heavy atom. The molecule has 0 unspecified atom stereocenters. The molecule has 122 valence electrons. The van der Waals surface area contributed by atoms with Crippen molar-refractivity contribution in [3.05, 3.63) is 83.0 Å². The number of aromatic nitrogens is 1.